The number of aryl methyl sites for hydroxylation is 2. The van der Waals surface area contributed by atoms with E-state index < -0.39 is 0 Å². The van der Waals surface area contributed by atoms with E-state index >= 15 is 0 Å². The smallest absolute Gasteiger partial charge is 0.0480 e. The van der Waals surface area contributed by atoms with Crippen LogP contribution in [-0.2, 0) is 6.54 Å². The Labute approximate surface area is 109 Å². The summed E-state index contributed by atoms with van der Waals surface area (Å²) in [4.78, 5) is 2.59. The molecule has 0 atom stereocenters. The molecule has 3 rings (SSSR count). The summed E-state index contributed by atoms with van der Waals surface area (Å²) in [5.41, 5.74) is 2.72. The van der Waals surface area contributed by atoms with Crippen LogP contribution < -0.4 is 0 Å². The summed E-state index contributed by atoms with van der Waals surface area (Å²) in [5.74, 6) is 0. The fourth-order valence-electron chi connectivity index (χ4n) is 2.99. The van der Waals surface area contributed by atoms with E-state index in [2.05, 4.69) is 46.9 Å². The van der Waals surface area contributed by atoms with Crippen LogP contribution in [0.1, 0.15) is 24.8 Å². The van der Waals surface area contributed by atoms with Crippen molar-refractivity contribution in [2.24, 2.45) is 0 Å². The van der Waals surface area contributed by atoms with Gasteiger partial charge in [0.15, 0.2) is 0 Å². The third kappa shape index (κ3) is 2.44. The first-order valence-corrected chi connectivity index (χ1v) is 7.11. The largest absolute Gasteiger partial charge is 0.347 e. The Kier molecular flexibility index (Phi) is 3.37. The SMILES string of the molecule is Cc1ccc2c(ccn2CCCN2CCCC2)c1. The first kappa shape index (κ1) is 11.8. The van der Waals surface area contributed by atoms with Gasteiger partial charge in [0.2, 0.25) is 0 Å². The second kappa shape index (κ2) is 5.15. The zero-order valence-electron chi connectivity index (χ0n) is 11.2. The van der Waals surface area contributed by atoms with Crippen LogP contribution in [0.5, 0.6) is 0 Å². The highest BCUT2D eigenvalue weighted by Gasteiger charge is 2.10. The van der Waals surface area contributed by atoms with Gasteiger partial charge in [-0.1, -0.05) is 11.6 Å². The van der Waals surface area contributed by atoms with Crippen molar-refractivity contribution in [2.45, 2.75) is 32.7 Å². The van der Waals surface area contributed by atoms with Gasteiger partial charge in [-0.15, -0.1) is 0 Å². The molecule has 2 nitrogen and oxygen atoms in total. The van der Waals surface area contributed by atoms with E-state index in [1.165, 1.54) is 55.4 Å². The van der Waals surface area contributed by atoms with Crippen molar-refractivity contribution in [3.8, 4) is 0 Å². The number of benzene rings is 1. The third-order valence-electron chi connectivity index (χ3n) is 4.00. The molecule has 0 aliphatic carbocycles. The molecule has 0 unspecified atom stereocenters. The van der Waals surface area contributed by atoms with E-state index in [9.17, 15) is 0 Å². The van der Waals surface area contributed by atoms with E-state index in [1.54, 1.807) is 0 Å². The van der Waals surface area contributed by atoms with Crippen LogP contribution in [-0.4, -0.2) is 29.1 Å². The van der Waals surface area contributed by atoms with Crippen LogP contribution in [0.25, 0.3) is 10.9 Å². The lowest BCUT2D eigenvalue weighted by Crippen LogP contribution is -2.21. The molecule has 2 aromatic rings. The monoisotopic (exact) mass is 242 g/mol. The second-order valence-electron chi connectivity index (χ2n) is 5.47. The molecule has 96 valence electrons. The molecule has 0 N–H and O–H groups in total. The van der Waals surface area contributed by atoms with Crippen molar-refractivity contribution < 1.29 is 0 Å². The van der Waals surface area contributed by atoms with Crippen molar-refractivity contribution in [1.29, 1.82) is 0 Å². The summed E-state index contributed by atoms with van der Waals surface area (Å²) in [6, 6.07) is 8.96. The van der Waals surface area contributed by atoms with Gasteiger partial charge in [-0.2, -0.15) is 0 Å². The predicted molar refractivity (Wildman–Crippen MR) is 77.0 cm³/mol. The average molecular weight is 242 g/mol. The first-order chi connectivity index (χ1) is 8.83. The van der Waals surface area contributed by atoms with Crippen molar-refractivity contribution in [2.75, 3.05) is 19.6 Å². The molecule has 2 heteroatoms. The number of likely N-dealkylation sites (tertiary alicyclic amines) is 1. The molecule has 0 saturated carbocycles. The highest BCUT2D eigenvalue weighted by molar-refractivity contribution is 5.80. The first-order valence-electron chi connectivity index (χ1n) is 7.11. The maximum absolute atomic E-state index is 2.59. The molecule has 1 aliphatic heterocycles. The summed E-state index contributed by atoms with van der Waals surface area (Å²) in [7, 11) is 0. The molecule has 0 spiro atoms. The Bertz CT molecular complexity index is 521. The van der Waals surface area contributed by atoms with Gasteiger partial charge in [0.25, 0.3) is 0 Å². The molecule has 1 aromatic carbocycles. The summed E-state index contributed by atoms with van der Waals surface area (Å²) in [6.07, 6.45) is 6.28. The standard InChI is InChI=1S/C16H22N2/c1-14-5-6-16-15(13-14)7-12-18(16)11-4-10-17-8-2-3-9-17/h5-7,12-13H,2-4,8-11H2,1H3. The van der Waals surface area contributed by atoms with Crippen LogP contribution in [0.4, 0.5) is 0 Å². The molecular weight excluding hydrogens is 220 g/mol. The Hall–Kier alpha value is -1.28. The molecule has 1 saturated heterocycles. The molecule has 0 bridgehead atoms. The lowest BCUT2D eigenvalue weighted by molar-refractivity contribution is 0.326. The Morgan fingerprint density at radius 2 is 1.89 bits per heavy atom. The quantitative estimate of drug-likeness (QED) is 0.797. The van der Waals surface area contributed by atoms with Gasteiger partial charge in [0.1, 0.15) is 0 Å². The molecule has 18 heavy (non-hydrogen) atoms. The Morgan fingerprint density at radius 3 is 2.72 bits per heavy atom. The van der Waals surface area contributed by atoms with Gasteiger partial charge in [-0.05, 0) is 69.4 Å². The van der Waals surface area contributed by atoms with Crippen LogP contribution >= 0.6 is 0 Å². The topological polar surface area (TPSA) is 8.17 Å². The summed E-state index contributed by atoms with van der Waals surface area (Å²) in [5, 5.41) is 1.37. The summed E-state index contributed by atoms with van der Waals surface area (Å²) < 4.78 is 2.39. The van der Waals surface area contributed by atoms with Crippen LogP contribution in [0, 0.1) is 6.92 Å². The molecule has 0 amide bonds. The molecular formula is C16H22N2. The number of aromatic nitrogens is 1. The number of hydrogen-bond donors (Lipinski definition) is 0. The highest BCUT2D eigenvalue weighted by atomic mass is 15.1. The van der Waals surface area contributed by atoms with E-state index in [-0.39, 0.29) is 0 Å². The maximum Gasteiger partial charge on any atom is 0.0480 e. The number of hydrogen-bond acceptors (Lipinski definition) is 1. The average Bonchev–Trinajstić information content (AvgIpc) is 2.99. The lowest BCUT2D eigenvalue weighted by Gasteiger charge is -2.14. The van der Waals surface area contributed by atoms with Gasteiger partial charge >= 0.3 is 0 Å². The van der Waals surface area contributed by atoms with Crippen molar-refractivity contribution in [3.05, 3.63) is 36.0 Å². The maximum atomic E-state index is 2.59. The minimum atomic E-state index is 1.14. The van der Waals surface area contributed by atoms with Gasteiger partial charge in [0.05, 0.1) is 0 Å². The fourth-order valence-corrected chi connectivity index (χ4v) is 2.99. The zero-order chi connectivity index (χ0) is 12.4. The van der Waals surface area contributed by atoms with Crippen molar-refractivity contribution in [3.63, 3.8) is 0 Å². The van der Waals surface area contributed by atoms with Crippen LogP contribution in [0.3, 0.4) is 0 Å². The van der Waals surface area contributed by atoms with Gasteiger partial charge in [0, 0.05) is 18.3 Å². The summed E-state index contributed by atoms with van der Waals surface area (Å²) >= 11 is 0. The normalized spacial score (nSPS) is 16.7. The lowest BCUT2D eigenvalue weighted by atomic mass is 10.2. The molecule has 1 aliphatic rings. The molecule has 1 fully saturated rings. The minimum Gasteiger partial charge on any atom is -0.347 e. The van der Waals surface area contributed by atoms with E-state index in [4.69, 9.17) is 0 Å². The van der Waals surface area contributed by atoms with E-state index in [0.717, 1.165) is 6.54 Å². The predicted octanol–water partition coefficient (Wildman–Crippen LogP) is 3.44. The Morgan fingerprint density at radius 1 is 1.06 bits per heavy atom. The van der Waals surface area contributed by atoms with Crippen molar-refractivity contribution in [1.82, 2.24) is 9.47 Å². The minimum absolute atomic E-state index is 1.14. The summed E-state index contributed by atoms with van der Waals surface area (Å²) in [6.45, 7) is 7.18. The molecule has 0 radical (unpaired) electrons. The van der Waals surface area contributed by atoms with Gasteiger partial charge < -0.3 is 9.47 Å². The zero-order valence-corrected chi connectivity index (χ0v) is 11.2. The van der Waals surface area contributed by atoms with Gasteiger partial charge in [-0.3, -0.25) is 0 Å². The highest BCUT2D eigenvalue weighted by Crippen LogP contribution is 2.18. The van der Waals surface area contributed by atoms with Crippen molar-refractivity contribution >= 4 is 10.9 Å². The molecule has 2 heterocycles. The number of nitrogens with zero attached hydrogens (tertiary/aromatic N) is 2. The third-order valence-corrected chi connectivity index (χ3v) is 4.00. The fraction of sp³-hybridized carbons (Fsp3) is 0.500. The van der Waals surface area contributed by atoms with E-state index in [0.29, 0.717) is 0 Å². The van der Waals surface area contributed by atoms with Crippen LogP contribution in [0.2, 0.25) is 0 Å². The van der Waals surface area contributed by atoms with Crippen LogP contribution in [0.15, 0.2) is 30.5 Å². The van der Waals surface area contributed by atoms with E-state index in [1.807, 2.05) is 0 Å². The molecule has 1 aromatic heterocycles. The second-order valence-corrected chi connectivity index (χ2v) is 5.47. The Balaban J connectivity index is 1.63. The van der Waals surface area contributed by atoms with Gasteiger partial charge in [-0.25, -0.2) is 0 Å². The number of rotatable bonds is 4. The number of fused-ring (bicyclic) bond motifs is 1.